The number of ether oxygens (including phenoxy) is 4. The molecule has 0 saturated heterocycles. The number of sulfone groups is 2. The van der Waals surface area contributed by atoms with Crippen molar-refractivity contribution in [1.29, 1.82) is 10.5 Å². The van der Waals surface area contributed by atoms with Gasteiger partial charge in [0.1, 0.15) is 51.8 Å². The number of aryl methyl sites for hydroxylation is 1. The first-order valence-corrected chi connectivity index (χ1v) is 44.6. The third-order valence-electron chi connectivity index (χ3n) is 21.8. The smallest absolute Gasteiger partial charge is 0.228 e. The zero-order valence-electron chi connectivity index (χ0n) is 70.0. The first-order chi connectivity index (χ1) is 54.2. The molecule has 0 aromatic heterocycles. The van der Waals surface area contributed by atoms with Crippen molar-refractivity contribution in [2.24, 2.45) is 21.7 Å². The summed E-state index contributed by atoms with van der Waals surface area (Å²) >= 11 is 2.76. The van der Waals surface area contributed by atoms with Crippen LogP contribution in [0.5, 0.6) is 40.2 Å². The Kier molecular flexibility index (Phi) is 33.6. The van der Waals surface area contributed by atoms with Crippen molar-refractivity contribution in [3.05, 3.63) is 222 Å². The fourth-order valence-corrected chi connectivity index (χ4v) is 17.9. The number of nitriles is 2. The highest BCUT2D eigenvalue weighted by molar-refractivity contribution is 8.00. The summed E-state index contributed by atoms with van der Waals surface area (Å²) in [5, 5.41) is 26.1. The topological polar surface area (TPSA) is 245 Å². The maximum absolute atomic E-state index is 13.5. The molecule has 614 valence electrons. The molecule has 18 nitrogen and oxygen atoms in total. The molecule has 8 rings (SSSR count). The number of hydrogen-bond donors (Lipinski definition) is 2. The number of ketones is 2. The molecule has 0 aliphatic rings. The number of carbonyl (C=O) groups excluding carboxylic acids is 4. The van der Waals surface area contributed by atoms with Gasteiger partial charge in [-0.15, -0.1) is 0 Å². The molecule has 2 amide bonds. The van der Waals surface area contributed by atoms with Crippen LogP contribution in [0.3, 0.4) is 0 Å². The van der Waals surface area contributed by atoms with Gasteiger partial charge in [-0.3, -0.25) is 19.2 Å². The van der Waals surface area contributed by atoms with Crippen LogP contribution in [0.1, 0.15) is 136 Å². The zero-order valence-corrected chi connectivity index (χ0v) is 73.3. The predicted octanol–water partition coefficient (Wildman–Crippen LogP) is 18.6. The van der Waals surface area contributed by atoms with Gasteiger partial charge < -0.3 is 38.5 Å². The molecular formula is C93H118N6O12S4+2. The van der Waals surface area contributed by atoms with Crippen molar-refractivity contribution in [2.45, 2.75) is 153 Å². The van der Waals surface area contributed by atoms with Crippen molar-refractivity contribution in [3.63, 3.8) is 0 Å². The number of quaternary nitrogens is 2. The summed E-state index contributed by atoms with van der Waals surface area (Å²) in [6, 6.07) is 60.5. The second-order valence-electron chi connectivity index (χ2n) is 33.0. The third kappa shape index (κ3) is 26.4. The van der Waals surface area contributed by atoms with E-state index >= 15 is 0 Å². The molecule has 0 aliphatic heterocycles. The summed E-state index contributed by atoms with van der Waals surface area (Å²) in [4.78, 5) is 53.6. The van der Waals surface area contributed by atoms with Crippen molar-refractivity contribution in [1.82, 2.24) is 10.6 Å². The molecule has 115 heavy (non-hydrogen) atoms. The van der Waals surface area contributed by atoms with Crippen LogP contribution in [0.2, 0.25) is 0 Å². The summed E-state index contributed by atoms with van der Waals surface area (Å²) in [6.45, 7) is 26.6. The molecule has 8 aromatic carbocycles. The standard InChI is InChI=1S/C54H65N3O7S2.C39H51N3O5S2/c1-10-11-34-57(7,8)35-12-33-56-51(59)54(6,52(2,3)38-55)39-65-37-43(58)36-40-13-19-45(20-14-40)63-47-25-29-49(30-26-47)66(60,61)50-31-27-48(28-32-50)64-46-23-17-42(18-24-46)53(4,5)41-15-21-44(62-9)22-16-41;1-8-9-24-42(6,7)25-10-23-41-37(44)39(5,38(3,4)28-40)29-48-27-32(43)26-31-13-15-33(16-14-31)47-34-17-21-36(22-18-34)49(45,46)35-19-11-30(2)12-20-35/h13-32H,10-12,33-37,39H2,1-9H3;11-22H,8-10,23-27,29H2,1-7H3/p+2. The van der Waals surface area contributed by atoms with Crippen molar-refractivity contribution >= 4 is 66.6 Å². The Bertz CT molecular complexity index is 4830. The van der Waals surface area contributed by atoms with E-state index in [4.69, 9.17) is 18.9 Å². The fraction of sp³-hybridized carbons (Fsp3) is 0.419. The number of nitrogens with one attached hydrogen (secondary N) is 2. The van der Waals surface area contributed by atoms with Gasteiger partial charge in [0.15, 0.2) is 0 Å². The quantitative estimate of drug-likeness (QED) is 0.0266. The minimum Gasteiger partial charge on any atom is -0.497 e. The van der Waals surface area contributed by atoms with Crippen LogP contribution in [-0.2, 0) is 57.1 Å². The lowest BCUT2D eigenvalue weighted by Crippen LogP contribution is -2.50. The number of benzene rings is 8. The Balaban J connectivity index is 0.000000333. The van der Waals surface area contributed by atoms with Crippen molar-refractivity contribution < 1.29 is 63.9 Å². The van der Waals surface area contributed by atoms with E-state index in [2.05, 4.69) is 90.8 Å². The average molecular weight is 1640 g/mol. The Labute approximate surface area is 693 Å². The number of amides is 2. The van der Waals surface area contributed by atoms with Gasteiger partial charge in [0.2, 0.25) is 31.5 Å². The van der Waals surface area contributed by atoms with Gasteiger partial charge in [0.25, 0.3) is 0 Å². The van der Waals surface area contributed by atoms with Gasteiger partial charge in [-0.2, -0.15) is 34.0 Å². The summed E-state index contributed by atoms with van der Waals surface area (Å²) < 4.78 is 78.1. The number of hydrogen-bond acceptors (Lipinski definition) is 16. The van der Waals surface area contributed by atoms with Gasteiger partial charge in [-0.1, -0.05) is 107 Å². The maximum atomic E-state index is 13.5. The van der Waals surface area contributed by atoms with Gasteiger partial charge in [0.05, 0.1) is 126 Å². The van der Waals surface area contributed by atoms with E-state index in [1.54, 1.807) is 120 Å². The molecule has 2 atom stereocenters. The summed E-state index contributed by atoms with van der Waals surface area (Å²) in [5.41, 5.74) is 0.842. The number of thioether (sulfide) groups is 2. The molecule has 2 N–H and O–H groups in total. The monoisotopic (exact) mass is 1640 g/mol. The van der Waals surface area contributed by atoms with Gasteiger partial charge in [-0.25, -0.2) is 16.8 Å². The van der Waals surface area contributed by atoms with Crippen LogP contribution in [0, 0.1) is 51.2 Å². The molecule has 22 heteroatoms. The first-order valence-electron chi connectivity index (χ1n) is 39.3. The van der Waals surface area contributed by atoms with Gasteiger partial charge in [0, 0.05) is 55.7 Å². The largest absolute Gasteiger partial charge is 0.497 e. The van der Waals surface area contributed by atoms with E-state index in [1.165, 1.54) is 66.3 Å². The summed E-state index contributed by atoms with van der Waals surface area (Å²) in [5.74, 6) is 4.82. The molecule has 0 saturated carbocycles. The maximum Gasteiger partial charge on any atom is 0.228 e. The zero-order chi connectivity index (χ0) is 84.5. The van der Waals surface area contributed by atoms with E-state index in [-0.39, 0.29) is 72.7 Å². The Morgan fingerprint density at radius 3 is 0.965 bits per heavy atom. The van der Waals surface area contributed by atoms with E-state index in [1.807, 2.05) is 81.4 Å². The van der Waals surface area contributed by atoms with Crippen LogP contribution >= 0.6 is 23.5 Å². The Morgan fingerprint density at radius 1 is 0.409 bits per heavy atom. The minimum atomic E-state index is -3.82. The molecule has 0 fully saturated rings. The first kappa shape index (κ1) is 92.9. The molecule has 0 aliphatic carbocycles. The lowest BCUT2D eigenvalue weighted by atomic mass is 9.68. The Hall–Kier alpha value is -9.26. The number of methoxy groups -OCH3 is 1. The number of Topliss-reactive ketones (excluding diaryl/α,β-unsaturated/α-hetero) is 2. The van der Waals surface area contributed by atoms with Crippen LogP contribution in [0.25, 0.3) is 0 Å². The lowest BCUT2D eigenvalue weighted by molar-refractivity contribution is -0.890. The highest BCUT2D eigenvalue weighted by Crippen LogP contribution is 2.44. The second kappa shape index (κ2) is 41.5. The van der Waals surface area contributed by atoms with E-state index in [9.17, 15) is 46.5 Å². The highest BCUT2D eigenvalue weighted by atomic mass is 32.2. The van der Waals surface area contributed by atoms with Crippen LogP contribution in [0.4, 0.5) is 0 Å². The number of nitrogens with zero attached hydrogens (tertiary/aromatic N) is 4. The second-order valence-corrected chi connectivity index (χ2v) is 38.8. The third-order valence-corrected chi connectivity index (χ3v) is 28.0. The Morgan fingerprint density at radius 2 is 0.678 bits per heavy atom. The highest BCUT2D eigenvalue weighted by Gasteiger charge is 2.49. The molecule has 2 unspecified atom stereocenters. The van der Waals surface area contributed by atoms with Gasteiger partial charge >= 0.3 is 0 Å². The van der Waals surface area contributed by atoms with E-state index in [0.29, 0.717) is 59.1 Å². The molecule has 0 spiro atoms. The fourth-order valence-electron chi connectivity index (χ4n) is 12.7. The van der Waals surface area contributed by atoms with E-state index < -0.39 is 41.3 Å². The van der Waals surface area contributed by atoms with Crippen LogP contribution < -0.4 is 29.6 Å². The minimum absolute atomic E-state index is 0.00763. The SMILES string of the molecule is CCCC[N+](C)(C)CCCNC(=O)C(C)(CSCC(=O)Cc1ccc(Oc2ccc(S(=O)(=O)c3ccc(C)cc3)cc2)cc1)C(C)(C)C#N.CCCC[N+](C)(C)CCCNC(=O)C(C)(CSCC(=O)Cc1ccc(Oc2ccc(S(=O)(=O)c3ccc(Oc4ccc(C(C)(C)c5ccc(OC)cc5)cc4)cc3)cc2)cc1)C(C)(C)C#N. The molecule has 0 radical (unpaired) electrons. The number of unbranched alkanes of at least 4 members (excludes halogenated alkanes) is 2. The number of carbonyl (C=O) groups is 4. The summed E-state index contributed by atoms with van der Waals surface area (Å²) in [6.07, 6.45) is 6.78. The van der Waals surface area contributed by atoms with Crippen molar-refractivity contribution in [3.8, 4) is 52.4 Å². The van der Waals surface area contributed by atoms with Crippen LogP contribution in [0.15, 0.2) is 214 Å². The molecule has 8 aromatic rings. The number of rotatable bonds is 43. The van der Waals surface area contributed by atoms with Crippen LogP contribution in [-0.4, -0.2) is 147 Å². The predicted molar refractivity (Wildman–Crippen MR) is 462 cm³/mol. The molecule has 0 heterocycles. The summed E-state index contributed by atoms with van der Waals surface area (Å²) in [7, 11) is 3.05. The normalized spacial score (nSPS) is 13.1. The lowest BCUT2D eigenvalue weighted by Gasteiger charge is -2.38. The van der Waals surface area contributed by atoms with Crippen molar-refractivity contribution in [2.75, 3.05) is 97.6 Å². The molecule has 0 bridgehead atoms. The van der Waals surface area contributed by atoms with Gasteiger partial charge in [-0.05, 0) is 217 Å². The molecular weight excluding hydrogens is 1520 g/mol. The average Bonchev–Trinajstić information content (AvgIpc) is 0.790. The van der Waals surface area contributed by atoms with E-state index in [0.717, 1.165) is 101 Å².